The molecule has 0 spiro atoms. The van der Waals surface area contributed by atoms with Crippen LogP contribution in [0.1, 0.15) is 40.5 Å². The molecule has 0 aliphatic carbocycles. The predicted molar refractivity (Wildman–Crippen MR) is 61.0 cm³/mol. The molecule has 1 unspecified atom stereocenters. The van der Waals surface area contributed by atoms with Crippen LogP contribution in [0.3, 0.4) is 0 Å². The second-order valence-corrected chi connectivity index (χ2v) is 3.82. The summed E-state index contributed by atoms with van der Waals surface area (Å²) in [6.45, 7) is 9.73. The van der Waals surface area contributed by atoms with Crippen LogP contribution in [0.15, 0.2) is 12.2 Å². The lowest BCUT2D eigenvalue weighted by atomic mass is 10.1. The molecular weight excluding hydrogens is 158 g/mol. The molecule has 1 nitrogen and oxygen atoms in total. The normalized spacial score (nSPS) is 23.7. The highest BCUT2D eigenvalue weighted by atomic mass is 15.1. The number of hydrogen-bond acceptors (Lipinski definition) is 1. The van der Waals surface area contributed by atoms with Gasteiger partial charge in [-0.15, -0.1) is 0 Å². The first kappa shape index (κ1) is 12.7. The van der Waals surface area contributed by atoms with Crippen molar-refractivity contribution in [3.05, 3.63) is 12.2 Å². The first-order chi connectivity index (χ1) is 6.20. The van der Waals surface area contributed by atoms with Crippen LogP contribution in [0.2, 0.25) is 0 Å². The monoisotopic (exact) mass is 183 g/mol. The molecular formula is C12H25N. The summed E-state index contributed by atoms with van der Waals surface area (Å²) in [7, 11) is 2.21. The highest BCUT2D eigenvalue weighted by Crippen LogP contribution is 2.16. The Kier molecular flexibility index (Phi) is 6.97. The van der Waals surface area contributed by atoms with Gasteiger partial charge in [0.05, 0.1) is 0 Å². The molecule has 1 rings (SSSR count). The van der Waals surface area contributed by atoms with Crippen molar-refractivity contribution < 1.29 is 0 Å². The van der Waals surface area contributed by atoms with Crippen molar-refractivity contribution in [2.45, 2.75) is 46.6 Å². The van der Waals surface area contributed by atoms with E-state index < -0.39 is 0 Å². The van der Waals surface area contributed by atoms with Crippen molar-refractivity contribution in [2.24, 2.45) is 5.92 Å². The van der Waals surface area contributed by atoms with Crippen molar-refractivity contribution in [3.63, 3.8) is 0 Å². The lowest BCUT2D eigenvalue weighted by Crippen LogP contribution is -2.22. The van der Waals surface area contributed by atoms with Crippen molar-refractivity contribution in [2.75, 3.05) is 13.6 Å². The standard InChI is InChI=1S/C10H19N.C2H6/c1-9(2)6-7-10-5-4-8-11(10)3;1-2/h6-7,9-10H,4-5,8H2,1-3H3;1-2H3/b7-6+;. The van der Waals surface area contributed by atoms with Crippen molar-refractivity contribution >= 4 is 0 Å². The summed E-state index contributed by atoms with van der Waals surface area (Å²) in [6, 6.07) is 0.720. The zero-order valence-corrected chi connectivity index (χ0v) is 9.88. The van der Waals surface area contributed by atoms with Gasteiger partial charge in [0.2, 0.25) is 0 Å². The van der Waals surface area contributed by atoms with E-state index in [0.717, 1.165) is 6.04 Å². The SMILES string of the molecule is CC.CC(C)/C=C/C1CCCN1C. The van der Waals surface area contributed by atoms with Crippen LogP contribution in [0.4, 0.5) is 0 Å². The second-order valence-electron chi connectivity index (χ2n) is 3.82. The van der Waals surface area contributed by atoms with E-state index >= 15 is 0 Å². The van der Waals surface area contributed by atoms with Gasteiger partial charge in [-0.1, -0.05) is 39.8 Å². The van der Waals surface area contributed by atoms with E-state index in [1.54, 1.807) is 0 Å². The average molecular weight is 183 g/mol. The first-order valence-corrected chi connectivity index (χ1v) is 5.58. The molecule has 0 radical (unpaired) electrons. The lowest BCUT2D eigenvalue weighted by molar-refractivity contribution is 0.356. The maximum absolute atomic E-state index is 2.43. The Balaban J connectivity index is 0.000000671. The molecule has 13 heavy (non-hydrogen) atoms. The summed E-state index contributed by atoms with van der Waals surface area (Å²) in [5.74, 6) is 0.698. The van der Waals surface area contributed by atoms with Crippen LogP contribution in [0, 0.1) is 5.92 Å². The van der Waals surface area contributed by atoms with E-state index in [1.165, 1.54) is 19.4 Å². The molecule has 1 atom stereocenters. The molecule has 0 aromatic carbocycles. The van der Waals surface area contributed by atoms with Gasteiger partial charge in [0, 0.05) is 6.04 Å². The Bertz CT molecular complexity index is 138. The number of allylic oxidation sites excluding steroid dienone is 1. The summed E-state index contributed by atoms with van der Waals surface area (Å²) >= 11 is 0. The summed E-state index contributed by atoms with van der Waals surface area (Å²) < 4.78 is 0. The van der Waals surface area contributed by atoms with Crippen LogP contribution >= 0.6 is 0 Å². The van der Waals surface area contributed by atoms with Gasteiger partial charge in [0.1, 0.15) is 0 Å². The molecule has 1 saturated heterocycles. The number of likely N-dealkylation sites (tertiary alicyclic amines) is 1. The summed E-state index contributed by atoms with van der Waals surface area (Å²) in [4.78, 5) is 2.43. The fourth-order valence-electron chi connectivity index (χ4n) is 1.53. The Hall–Kier alpha value is -0.300. The molecule has 0 N–H and O–H groups in total. The van der Waals surface area contributed by atoms with Gasteiger partial charge in [-0.3, -0.25) is 4.90 Å². The minimum Gasteiger partial charge on any atom is -0.300 e. The van der Waals surface area contributed by atoms with Crippen LogP contribution in [-0.4, -0.2) is 24.5 Å². The number of nitrogens with zero attached hydrogens (tertiary/aromatic N) is 1. The van der Waals surface area contributed by atoms with E-state index in [-0.39, 0.29) is 0 Å². The quantitative estimate of drug-likeness (QED) is 0.594. The summed E-state index contributed by atoms with van der Waals surface area (Å²) in [5, 5.41) is 0. The van der Waals surface area contributed by atoms with Gasteiger partial charge >= 0.3 is 0 Å². The zero-order chi connectivity index (χ0) is 10.3. The van der Waals surface area contributed by atoms with E-state index in [1.807, 2.05) is 13.8 Å². The first-order valence-electron chi connectivity index (χ1n) is 5.58. The molecule has 78 valence electrons. The third-order valence-corrected chi connectivity index (χ3v) is 2.30. The Labute approximate surface area is 83.8 Å². The van der Waals surface area contributed by atoms with Gasteiger partial charge in [-0.05, 0) is 32.4 Å². The van der Waals surface area contributed by atoms with E-state index in [0.29, 0.717) is 5.92 Å². The van der Waals surface area contributed by atoms with E-state index in [4.69, 9.17) is 0 Å². The van der Waals surface area contributed by atoms with Crippen molar-refractivity contribution in [3.8, 4) is 0 Å². The van der Waals surface area contributed by atoms with Gasteiger partial charge in [0.25, 0.3) is 0 Å². The largest absolute Gasteiger partial charge is 0.300 e. The Morgan fingerprint density at radius 1 is 1.31 bits per heavy atom. The second kappa shape index (κ2) is 7.14. The predicted octanol–water partition coefficient (Wildman–Crippen LogP) is 3.32. The molecule has 0 aromatic heterocycles. The fraction of sp³-hybridized carbons (Fsp3) is 0.833. The van der Waals surface area contributed by atoms with Crippen molar-refractivity contribution in [1.82, 2.24) is 4.90 Å². The van der Waals surface area contributed by atoms with Gasteiger partial charge < -0.3 is 0 Å². The topological polar surface area (TPSA) is 3.24 Å². The van der Waals surface area contributed by atoms with Crippen molar-refractivity contribution in [1.29, 1.82) is 0 Å². The van der Waals surface area contributed by atoms with Crippen LogP contribution in [0.25, 0.3) is 0 Å². The van der Waals surface area contributed by atoms with Gasteiger partial charge in [0.15, 0.2) is 0 Å². The molecule has 0 bridgehead atoms. The molecule has 0 amide bonds. The minimum atomic E-state index is 0.698. The minimum absolute atomic E-state index is 0.698. The molecule has 1 heterocycles. The van der Waals surface area contributed by atoms with Crippen LogP contribution in [-0.2, 0) is 0 Å². The van der Waals surface area contributed by atoms with Crippen LogP contribution < -0.4 is 0 Å². The maximum atomic E-state index is 2.43. The molecule has 1 heteroatoms. The third kappa shape index (κ3) is 5.09. The summed E-state index contributed by atoms with van der Waals surface area (Å²) in [6.07, 6.45) is 7.38. The zero-order valence-electron chi connectivity index (χ0n) is 9.88. The molecule has 1 aliphatic rings. The average Bonchev–Trinajstić information content (AvgIpc) is 2.51. The maximum Gasteiger partial charge on any atom is 0.0275 e. The molecule has 1 aliphatic heterocycles. The third-order valence-electron chi connectivity index (χ3n) is 2.30. The molecule has 0 aromatic rings. The molecule has 1 fully saturated rings. The number of hydrogen-bond donors (Lipinski definition) is 0. The Morgan fingerprint density at radius 3 is 2.31 bits per heavy atom. The number of rotatable bonds is 2. The van der Waals surface area contributed by atoms with Crippen LogP contribution in [0.5, 0.6) is 0 Å². The highest BCUT2D eigenvalue weighted by Gasteiger charge is 2.17. The fourth-order valence-corrected chi connectivity index (χ4v) is 1.53. The lowest BCUT2D eigenvalue weighted by Gasteiger charge is -2.15. The van der Waals surface area contributed by atoms with Gasteiger partial charge in [-0.25, -0.2) is 0 Å². The smallest absolute Gasteiger partial charge is 0.0275 e. The Morgan fingerprint density at radius 2 is 1.92 bits per heavy atom. The van der Waals surface area contributed by atoms with E-state index in [2.05, 4.69) is 37.9 Å². The van der Waals surface area contributed by atoms with Gasteiger partial charge in [-0.2, -0.15) is 0 Å². The number of likely N-dealkylation sites (N-methyl/N-ethyl adjacent to an activating group) is 1. The molecule has 0 saturated carbocycles. The summed E-state index contributed by atoms with van der Waals surface area (Å²) in [5.41, 5.74) is 0. The highest BCUT2D eigenvalue weighted by molar-refractivity contribution is 4.97. The van der Waals surface area contributed by atoms with E-state index in [9.17, 15) is 0 Å².